The fraction of sp³-hybridized carbons (Fsp3) is 1.00. The number of nitrogens with one attached hydrogen (secondary N) is 1. The summed E-state index contributed by atoms with van der Waals surface area (Å²) in [6.45, 7) is 15.9. The second-order valence-electron chi connectivity index (χ2n) is 8.26. The highest BCUT2D eigenvalue weighted by Gasteiger charge is 2.41. The van der Waals surface area contributed by atoms with Gasteiger partial charge in [-0.1, -0.05) is 33.6 Å². The average Bonchev–Trinajstić information content (AvgIpc) is 2.48. The van der Waals surface area contributed by atoms with Crippen molar-refractivity contribution >= 4 is 0 Å². The van der Waals surface area contributed by atoms with E-state index in [4.69, 9.17) is 0 Å². The summed E-state index contributed by atoms with van der Waals surface area (Å²) in [5.41, 5.74) is 0.293. The lowest BCUT2D eigenvalue weighted by molar-refractivity contribution is 0.0228. The number of nitrogens with zero attached hydrogens (tertiary/aromatic N) is 1. The number of rotatable bonds is 5. The average molecular weight is 295 g/mol. The van der Waals surface area contributed by atoms with Crippen LogP contribution in [-0.4, -0.2) is 36.1 Å². The molecule has 1 saturated heterocycles. The normalized spacial score (nSPS) is 33.9. The molecule has 2 aliphatic rings. The van der Waals surface area contributed by atoms with Crippen LogP contribution in [0.25, 0.3) is 0 Å². The van der Waals surface area contributed by atoms with E-state index in [0.717, 1.165) is 24.3 Å². The van der Waals surface area contributed by atoms with Gasteiger partial charge in [-0.15, -0.1) is 0 Å². The van der Waals surface area contributed by atoms with Crippen LogP contribution in [0.3, 0.4) is 0 Å². The molecular weight excluding hydrogens is 256 g/mol. The molecule has 21 heavy (non-hydrogen) atoms. The number of hydrogen-bond acceptors (Lipinski definition) is 2. The lowest BCUT2D eigenvalue weighted by Crippen LogP contribution is -2.62. The Morgan fingerprint density at radius 3 is 2.29 bits per heavy atom. The van der Waals surface area contributed by atoms with Crippen LogP contribution in [0.2, 0.25) is 0 Å². The van der Waals surface area contributed by atoms with Gasteiger partial charge in [-0.2, -0.15) is 0 Å². The molecule has 0 amide bonds. The molecule has 1 heterocycles. The molecule has 1 aliphatic carbocycles. The van der Waals surface area contributed by atoms with Crippen molar-refractivity contribution in [2.75, 3.05) is 19.6 Å². The highest BCUT2D eigenvalue weighted by atomic mass is 15.2. The molecule has 1 aliphatic heterocycles. The first-order chi connectivity index (χ1) is 9.96. The maximum atomic E-state index is 3.88. The summed E-state index contributed by atoms with van der Waals surface area (Å²) >= 11 is 0. The predicted molar refractivity (Wildman–Crippen MR) is 92.6 cm³/mol. The highest BCUT2D eigenvalue weighted by molar-refractivity contribution is 4.99. The van der Waals surface area contributed by atoms with Gasteiger partial charge in [0.2, 0.25) is 0 Å². The molecule has 124 valence electrons. The van der Waals surface area contributed by atoms with E-state index in [1.54, 1.807) is 0 Å². The summed E-state index contributed by atoms with van der Waals surface area (Å²) in [5.74, 6) is 2.66. The molecule has 2 rings (SSSR count). The van der Waals surface area contributed by atoms with Crippen LogP contribution in [0.1, 0.15) is 73.1 Å². The Morgan fingerprint density at radius 2 is 1.71 bits per heavy atom. The van der Waals surface area contributed by atoms with Gasteiger partial charge in [-0.25, -0.2) is 0 Å². The van der Waals surface area contributed by atoms with E-state index in [1.165, 1.54) is 51.6 Å². The third-order valence-electron chi connectivity index (χ3n) is 6.47. The van der Waals surface area contributed by atoms with Gasteiger partial charge in [0, 0.05) is 11.6 Å². The SMILES string of the molecule is CCNC(C1CCC(C)C(C)C1)C(C)(C)N1CCCCC1. The van der Waals surface area contributed by atoms with Crippen molar-refractivity contribution in [1.82, 2.24) is 10.2 Å². The molecule has 0 aromatic carbocycles. The van der Waals surface area contributed by atoms with Crippen molar-refractivity contribution in [3.63, 3.8) is 0 Å². The molecule has 0 aromatic heterocycles. The summed E-state index contributed by atoms with van der Waals surface area (Å²) in [6.07, 6.45) is 8.46. The van der Waals surface area contributed by atoms with Gasteiger partial charge in [-0.05, 0) is 76.9 Å². The molecule has 0 bridgehead atoms. The Bertz CT molecular complexity index is 307. The topological polar surface area (TPSA) is 15.3 Å². The summed E-state index contributed by atoms with van der Waals surface area (Å²) < 4.78 is 0. The molecule has 0 radical (unpaired) electrons. The fourth-order valence-corrected chi connectivity index (χ4v) is 4.77. The van der Waals surface area contributed by atoms with E-state index in [2.05, 4.69) is 44.8 Å². The van der Waals surface area contributed by atoms with Crippen molar-refractivity contribution in [3.05, 3.63) is 0 Å². The largest absolute Gasteiger partial charge is 0.312 e. The third-order valence-corrected chi connectivity index (χ3v) is 6.47. The van der Waals surface area contributed by atoms with Crippen LogP contribution in [0.5, 0.6) is 0 Å². The monoisotopic (exact) mass is 294 g/mol. The lowest BCUT2D eigenvalue weighted by atomic mass is 9.69. The molecule has 1 N–H and O–H groups in total. The number of likely N-dealkylation sites (tertiary alicyclic amines) is 1. The minimum Gasteiger partial charge on any atom is -0.312 e. The molecule has 1 saturated carbocycles. The van der Waals surface area contributed by atoms with Crippen molar-refractivity contribution in [2.45, 2.75) is 84.7 Å². The van der Waals surface area contributed by atoms with E-state index >= 15 is 0 Å². The molecule has 2 fully saturated rings. The second-order valence-corrected chi connectivity index (χ2v) is 8.26. The third kappa shape index (κ3) is 4.01. The second kappa shape index (κ2) is 7.46. The van der Waals surface area contributed by atoms with Crippen molar-refractivity contribution in [2.24, 2.45) is 17.8 Å². The molecule has 0 spiro atoms. The standard InChI is InChI=1S/C19H38N2/c1-6-20-18(17-11-10-15(2)16(3)14-17)19(4,5)21-12-8-7-9-13-21/h15-18,20H,6-14H2,1-5H3. The van der Waals surface area contributed by atoms with E-state index in [-0.39, 0.29) is 0 Å². The zero-order valence-corrected chi connectivity index (χ0v) is 15.1. The van der Waals surface area contributed by atoms with E-state index in [9.17, 15) is 0 Å². The molecule has 2 heteroatoms. The molecule has 0 aromatic rings. The zero-order valence-electron chi connectivity index (χ0n) is 15.1. The Morgan fingerprint density at radius 1 is 1.05 bits per heavy atom. The van der Waals surface area contributed by atoms with E-state index in [0.29, 0.717) is 11.6 Å². The van der Waals surface area contributed by atoms with E-state index < -0.39 is 0 Å². The van der Waals surface area contributed by atoms with Gasteiger partial charge < -0.3 is 5.32 Å². The van der Waals surface area contributed by atoms with Crippen LogP contribution in [0, 0.1) is 17.8 Å². The van der Waals surface area contributed by atoms with Gasteiger partial charge in [-0.3, -0.25) is 4.90 Å². The zero-order chi connectivity index (χ0) is 15.5. The first kappa shape index (κ1) is 17.3. The minimum absolute atomic E-state index is 0.293. The Hall–Kier alpha value is -0.0800. The Labute approximate surface area is 133 Å². The van der Waals surface area contributed by atoms with Crippen LogP contribution >= 0.6 is 0 Å². The summed E-state index contributed by atoms with van der Waals surface area (Å²) in [4.78, 5) is 2.77. The van der Waals surface area contributed by atoms with Gasteiger partial charge in [0.25, 0.3) is 0 Å². The predicted octanol–water partition coefficient (Wildman–Crippen LogP) is 4.30. The number of piperidine rings is 1. The van der Waals surface area contributed by atoms with Crippen LogP contribution in [0.15, 0.2) is 0 Å². The van der Waals surface area contributed by atoms with Gasteiger partial charge in [0.05, 0.1) is 0 Å². The first-order valence-electron chi connectivity index (χ1n) is 9.45. The molecule has 4 atom stereocenters. The highest BCUT2D eigenvalue weighted by Crippen LogP contribution is 2.39. The van der Waals surface area contributed by atoms with Crippen molar-refractivity contribution in [3.8, 4) is 0 Å². The summed E-state index contributed by atoms with van der Waals surface area (Å²) in [6, 6.07) is 0.649. The van der Waals surface area contributed by atoms with E-state index in [1.807, 2.05) is 0 Å². The Kier molecular flexibility index (Phi) is 6.14. The molecular formula is C19H38N2. The summed E-state index contributed by atoms with van der Waals surface area (Å²) in [5, 5.41) is 3.88. The smallest absolute Gasteiger partial charge is 0.0308 e. The fourth-order valence-electron chi connectivity index (χ4n) is 4.77. The maximum Gasteiger partial charge on any atom is 0.0308 e. The van der Waals surface area contributed by atoms with Crippen molar-refractivity contribution < 1.29 is 0 Å². The van der Waals surface area contributed by atoms with Crippen LogP contribution in [-0.2, 0) is 0 Å². The first-order valence-corrected chi connectivity index (χ1v) is 9.45. The lowest BCUT2D eigenvalue weighted by Gasteiger charge is -2.50. The van der Waals surface area contributed by atoms with Crippen molar-refractivity contribution in [1.29, 1.82) is 0 Å². The molecule has 4 unspecified atom stereocenters. The summed E-state index contributed by atoms with van der Waals surface area (Å²) in [7, 11) is 0. The van der Waals surface area contributed by atoms with Crippen LogP contribution < -0.4 is 5.32 Å². The van der Waals surface area contributed by atoms with Gasteiger partial charge in [0.1, 0.15) is 0 Å². The van der Waals surface area contributed by atoms with Gasteiger partial charge in [0.15, 0.2) is 0 Å². The minimum atomic E-state index is 0.293. The quantitative estimate of drug-likeness (QED) is 0.813. The Balaban J connectivity index is 2.09. The number of hydrogen-bond donors (Lipinski definition) is 1. The van der Waals surface area contributed by atoms with Crippen LogP contribution in [0.4, 0.5) is 0 Å². The molecule has 2 nitrogen and oxygen atoms in total. The maximum absolute atomic E-state index is 3.88. The number of likely N-dealkylation sites (N-methyl/N-ethyl adjacent to an activating group) is 1. The van der Waals surface area contributed by atoms with Gasteiger partial charge >= 0.3 is 0 Å².